The van der Waals surface area contributed by atoms with Gasteiger partial charge in [-0.25, -0.2) is 0 Å². The summed E-state index contributed by atoms with van der Waals surface area (Å²) >= 11 is 0. The Kier molecular flexibility index (Phi) is 6.79. The summed E-state index contributed by atoms with van der Waals surface area (Å²) in [5.41, 5.74) is 2.76. The minimum absolute atomic E-state index is 0.155. The molecule has 1 aromatic heterocycles. The summed E-state index contributed by atoms with van der Waals surface area (Å²) in [5.74, 6) is 0.194. The van der Waals surface area contributed by atoms with Crippen LogP contribution in [0.1, 0.15) is 22.8 Å². The van der Waals surface area contributed by atoms with Gasteiger partial charge in [0, 0.05) is 34.8 Å². The number of hydrogen-bond donors (Lipinski definition) is 2. The number of hydrogen-bond acceptors (Lipinski definition) is 3. The summed E-state index contributed by atoms with van der Waals surface area (Å²) in [7, 11) is 3.71. The number of rotatable bonds is 6. The van der Waals surface area contributed by atoms with Crippen molar-refractivity contribution in [2.24, 2.45) is 0 Å². The van der Waals surface area contributed by atoms with Gasteiger partial charge in [-0.15, -0.1) is 0 Å². The largest absolute Gasteiger partial charge is 0.497 e. The fraction of sp³-hybridized carbons (Fsp3) is 0.308. The van der Waals surface area contributed by atoms with Gasteiger partial charge < -0.3 is 24.4 Å². The number of carbonyl (C=O) groups is 2. The number of para-hydroxylation sites is 1. The standard InChI is InChI=1S/C26H30N4O3/c1-4-29-18-20(22-7-5-6-8-24(22)29)17-23(26(32)30-15-13-28(2)14-16-30)27-25(31)19-9-11-21(33-3)12-10-19/h5-12,17-18H,4,13-16H2,1-3H3,(H,27,31)/p+1/b23-17-. The molecule has 172 valence electrons. The molecule has 7 heteroatoms. The van der Waals surface area contributed by atoms with Crippen LogP contribution in [0.2, 0.25) is 0 Å². The van der Waals surface area contributed by atoms with E-state index >= 15 is 0 Å². The van der Waals surface area contributed by atoms with Crippen molar-refractivity contribution in [2.75, 3.05) is 40.3 Å². The van der Waals surface area contributed by atoms with E-state index in [1.165, 1.54) is 4.90 Å². The van der Waals surface area contributed by atoms with Gasteiger partial charge in [-0.3, -0.25) is 9.59 Å². The molecule has 4 rings (SSSR count). The Hall–Kier alpha value is -3.58. The molecule has 33 heavy (non-hydrogen) atoms. The SMILES string of the molecule is CCn1cc(/C=C(\NC(=O)c2ccc(OC)cc2)C(=O)N2CC[NH+](C)CC2)c2ccccc21. The van der Waals surface area contributed by atoms with Crippen molar-refractivity contribution in [3.05, 3.63) is 71.6 Å². The first kappa shape index (κ1) is 22.6. The van der Waals surface area contributed by atoms with Crippen molar-refractivity contribution in [3.63, 3.8) is 0 Å². The van der Waals surface area contributed by atoms with Gasteiger partial charge in [-0.2, -0.15) is 0 Å². The van der Waals surface area contributed by atoms with Crippen molar-refractivity contribution in [3.8, 4) is 5.75 Å². The third kappa shape index (κ3) is 4.93. The number of nitrogens with zero attached hydrogens (tertiary/aromatic N) is 2. The summed E-state index contributed by atoms with van der Waals surface area (Å²) in [6.07, 6.45) is 3.84. The van der Waals surface area contributed by atoms with Crippen molar-refractivity contribution in [1.29, 1.82) is 0 Å². The zero-order chi connectivity index (χ0) is 23.4. The minimum atomic E-state index is -0.323. The second-order valence-electron chi connectivity index (χ2n) is 8.38. The monoisotopic (exact) mass is 447 g/mol. The molecular formula is C26H31N4O3+. The van der Waals surface area contributed by atoms with Gasteiger partial charge in [0.25, 0.3) is 11.8 Å². The van der Waals surface area contributed by atoms with E-state index in [9.17, 15) is 9.59 Å². The molecule has 1 aliphatic rings. The zero-order valence-corrected chi connectivity index (χ0v) is 19.4. The summed E-state index contributed by atoms with van der Waals surface area (Å²) in [4.78, 5) is 29.8. The maximum absolute atomic E-state index is 13.5. The molecule has 2 heterocycles. The number of aromatic nitrogens is 1. The molecule has 0 spiro atoms. The second-order valence-corrected chi connectivity index (χ2v) is 8.38. The van der Waals surface area contributed by atoms with Crippen molar-refractivity contribution < 1.29 is 19.2 Å². The topological polar surface area (TPSA) is 68.0 Å². The highest BCUT2D eigenvalue weighted by Crippen LogP contribution is 2.24. The van der Waals surface area contributed by atoms with Crippen LogP contribution in [-0.2, 0) is 11.3 Å². The van der Waals surface area contributed by atoms with Gasteiger partial charge >= 0.3 is 0 Å². The highest BCUT2D eigenvalue weighted by molar-refractivity contribution is 6.06. The Morgan fingerprint density at radius 2 is 1.79 bits per heavy atom. The van der Waals surface area contributed by atoms with Crippen LogP contribution < -0.4 is 15.0 Å². The third-order valence-electron chi connectivity index (χ3n) is 6.19. The molecule has 1 fully saturated rings. The fourth-order valence-electron chi connectivity index (χ4n) is 4.16. The van der Waals surface area contributed by atoms with E-state index in [-0.39, 0.29) is 17.5 Å². The molecular weight excluding hydrogens is 416 g/mol. The molecule has 3 aromatic rings. The highest BCUT2D eigenvalue weighted by Gasteiger charge is 2.26. The summed E-state index contributed by atoms with van der Waals surface area (Å²) in [5, 5.41) is 3.94. The van der Waals surface area contributed by atoms with Gasteiger partial charge in [0.05, 0.1) is 40.3 Å². The highest BCUT2D eigenvalue weighted by atomic mass is 16.5. The van der Waals surface area contributed by atoms with Crippen LogP contribution in [-0.4, -0.2) is 61.6 Å². The van der Waals surface area contributed by atoms with Crippen molar-refractivity contribution in [2.45, 2.75) is 13.5 Å². The number of methoxy groups -OCH3 is 1. The Morgan fingerprint density at radius 3 is 2.45 bits per heavy atom. The van der Waals surface area contributed by atoms with Crippen LogP contribution in [0, 0.1) is 0 Å². The Morgan fingerprint density at radius 1 is 1.09 bits per heavy atom. The lowest BCUT2D eigenvalue weighted by Crippen LogP contribution is -3.12. The lowest BCUT2D eigenvalue weighted by molar-refractivity contribution is -0.883. The van der Waals surface area contributed by atoms with Crippen molar-refractivity contribution in [1.82, 2.24) is 14.8 Å². The predicted molar refractivity (Wildman–Crippen MR) is 129 cm³/mol. The van der Waals surface area contributed by atoms with Gasteiger partial charge in [-0.1, -0.05) is 18.2 Å². The smallest absolute Gasteiger partial charge is 0.270 e. The van der Waals surface area contributed by atoms with Crippen LogP contribution in [0.5, 0.6) is 5.75 Å². The van der Waals surface area contributed by atoms with E-state index in [1.807, 2.05) is 35.4 Å². The van der Waals surface area contributed by atoms with Crippen LogP contribution in [0.4, 0.5) is 0 Å². The summed E-state index contributed by atoms with van der Waals surface area (Å²) < 4.78 is 7.33. The third-order valence-corrected chi connectivity index (χ3v) is 6.19. The van der Waals surface area contributed by atoms with Gasteiger partial charge in [0.2, 0.25) is 0 Å². The fourth-order valence-corrected chi connectivity index (χ4v) is 4.16. The molecule has 0 atom stereocenters. The van der Waals surface area contributed by atoms with E-state index in [0.29, 0.717) is 24.4 Å². The minimum Gasteiger partial charge on any atom is -0.497 e. The molecule has 0 bridgehead atoms. The first-order valence-corrected chi connectivity index (χ1v) is 11.4. The number of carbonyl (C=O) groups excluding carboxylic acids is 2. The van der Waals surface area contributed by atoms with Crippen LogP contribution in [0.3, 0.4) is 0 Å². The number of quaternary nitrogens is 1. The first-order valence-electron chi connectivity index (χ1n) is 11.4. The van der Waals surface area contributed by atoms with Crippen LogP contribution >= 0.6 is 0 Å². The maximum Gasteiger partial charge on any atom is 0.270 e. The van der Waals surface area contributed by atoms with Gasteiger partial charge in [-0.05, 0) is 43.3 Å². The number of piperazine rings is 1. The summed E-state index contributed by atoms with van der Waals surface area (Å²) in [6.45, 7) is 6.01. The lowest BCUT2D eigenvalue weighted by atomic mass is 10.1. The molecule has 2 N–H and O–H groups in total. The molecule has 0 unspecified atom stereocenters. The quantitative estimate of drug-likeness (QED) is 0.567. The van der Waals surface area contributed by atoms with E-state index in [0.717, 1.165) is 36.1 Å². The molecule has 1 saturated heterocycles. The normalized spacial score (nSPS) is 15.0. The molecule has 1 aliphatic heterocycles. The van der Waals surface area contributed by atoms with Gasteiger partial charge in [0.1, 0.15) is 11.4 Å². The molecule has 2 aromatic carbocycles. The predicted octanol–water partition coefficient (Wildman–Crippen LogP) is 1.80. The number of aryl methyl sites for hydroxylation is 1. The first-order chi connectivity index (χ1) is 16.0. The Bertz CT molecular complexity index is 1170. The number of benzene rings is 2. The number of fused-ring (bicyclic) bond motifs is 1. The zero-order valence-electron chi connectivity index (χ0n) is 19.4. The Labute approximate surface area is 194 Å². The molecule has 7 nitrogen and oxygen atoms in total. The van der Waals surface area contributed by atoms with Gasteiger partial charge in [0.15, 0.2) is 0 Å². The average molecular weight is 448 g/mol. The second kappa shape index (κ2) is 9.92. The van der Waals surface area contributed by atoms with Crippen molar-refractivity contribution >= 4 is 28.8 Å². The number of amides is 2. The van der Waals surface area contributed by atoms with Crippen LogP contribution in [0.15, 0.2) is 60.4 Å². The Balaban J connectivity index is 1.69. The van der Waals surface area contributed by atoms with Crippen LogP contribution in [0.25, 0.3) is 17.0 Å². The molecule has 2 amide bonds. The molecule has 0 saturated carbocycles. The van der Waals surface area contributed by atoms with E-state index in [1.54, 1.807) is 31.4 Å². The maximum atomic E-state index is 13.5. The summed E-state index contributed by atoms with van der Waals surface area (Å²) in [6, 6.07) is 15.0. The number of likely N-dealkylation sites (N-methyl/N-ethyl adjacent to an activating group) is 1. The number of nitrogens with one attached hydrogen (secondary N) is 2. The molecule has 0 aliphatic carbocycles. The molecule has 0 radical (unpaired) electrons. The lowest BCUT2D eigenvalue weighted by Gasteiger charge is -2.30. The van der Waals surface area contributed by atoms with E-state index in [2.05, 4.69) is 29.9 Å². The van der Waals surface area contributed by atoms with E-state index < -0.39 is 0 Å². The number of ether oxygens (including phenoxy) is 1. The average Bonchev–Trinajstić information content (AvgIpc) is 3.21. The van der Waals surface area contributed by atoms with E-state index in [4.69, 9.17) is 4.74 Å².